The van der Waals surface area contributed by atoms with Crippen molar-refractivity contribution < 1.29 is 22.7 Å². The Bertz CT molecular complexity index is 281. The van der Waals surface area contributed by atoms with Crippen LogP contribution in [0.2, 0.25) is 0 Å². The van der Waals surface area contributed by atoms with E-state index in [1.807, 2.05) is 0 Å². The first-order valence-corrected chi connectivity index (χ1v) is 10.2. The molecule has 1 atom stereocenters. The predicted molar refractivity (Wildman–Crippen MR) is 72.4 cm³/mol. The molecule has 1 unspecified atom stereocenters. The van der Waals surface area contributed by atoms with Gasteiger partial charge < -0.3 is 18.1 Å². The van der Waals surface area contributed by atoms with Gasteiger partial charge in [-0.15, -0.1) is 4.52 Å². The van der Waals surface area contributed by atoms with Gasteiger partial charge in [-0.05, 0) is 38.4 Å². The second-order valence-electron chi connectivity index (χ2n) is 2.65. The molecule has 0 bridgehead atoms. The highest BCUT2D eigenvalue weighted by molar-refractivity contribution is 8.56. The van der Waals surface area contributed by atoms with E-state index in [0.29, 0.717) is 19.8 Å². The van der Waals surface area contributed by atoms with Crippen LogP contribution in [0.1, 0.15) is 20.8 Å². The third kappa shape index (κ3) is 5.88. The van der Waals surface area contributed by atoms with Gasteiger partial charge in [0, 0.05) is 7.11 Å². The summed E-state index contributed by atoms with van der Waals surface area (Å²) in [6, 6.07) is 0. The normalized spacial score (nSPS) is 15.6. The van der Waals surface area contributed by atoms with Gasteiger partial charge in [0.15, 0.2) is 0 Å². The van der Waals surface area contributed by atoms with Gasteiger partial charge in [-0.25, -0.2) is 0 Å². The molecule has 17 heavy (non-hydrogen) atoms. The Morgan fingerprint density at radius 3 is 1.71 bits per heavy atom. The fourth-order valence-electron chi connectivity index (χ4n) is 0.960. The smallest absolute Gasteiger partial charge is 0.308 e. The van der Waals surface area contributed by atoms with E-state index in [0.717, 1.165) is 11.4 Å². The van der Waals surface area contributed by atoms with Crippen molar-refractivity contribution in [3.63, 3.8) is 0 Å². The van der Waals surface area contributed by atoms with E-state index in [2.05, 4.69) is 4.52 Å². The van der Waals surface area contributed by atoms with Crippen molar-refractivity contribution in [1.82, 2.24) is 0 Å². The Hall–Kier alpha value is 0.650. The largest absolute Gasteiger partial charge is 0.375 e. The maximum Gasteiger partial charge on any atom is 0.375 e. The zero-order valence-corrected chi connectivity index (χ0v) is 13.5. The lowest BCUT2D eigenvalue weighted by atomic mass is 10.9. The zero-order valence-electron chi connectivity index (χ0n) is 10.9. The maximum absolute atomic E-state index is 12.2. The number of nitrogens with zero attached hydrogens (tertiary/aromatic N) is 1. The summed E-state index contributed by atoms with van der Waals surface area (Å²) in [5, 5.41) is 0. The molecule has 0 aliphatic rings. The van der Waals surface area contributed by atoms with Gasteiger partial charge in [0.05, 0.1) is 19.8 Å². The fourth-order valence-corrected chi connectivity index (χ4v) is 6.50. The second-order valence-corrected chi connectivity index (χ2v) is 9.22. The van der Waals surface area contributed by atoms with Crippen LogP contribution in [0.25, 0.3) is 0 Å². The SMILES string of the molecule is CCOP(=NP(=O)(OC)SC)(OCC)OCC. The molecule has 0 aliphatic heterocycles. The Kier molecular flexibility index (Phi) is 9.03. The van der Waals surface area contributed by atoms with E-state index >= 15 is 0 Å². The first kappa shape index (κ1) is 17.6. The van der Waals surface area contributed by atoms with Crippen molar-refractivity contribution in [3.05, 3.63) is 0 Å². The first-order valence-electron chi connectivity index (χ1n) is 5.30. The molecule has 6 nitrogen and oxygen atoms in total. The van der Waals surface area contributed by atoms with Gasteiger partial charge in [-0.3, -0.25) is 4.57 Å². The Morgan fingerprint density at radius 2 is 1.47 bits per heavy atom. The first-order chi connectivity index (χ1) is 8.01. The van der Waals surface area contributed by atoms with E-state index in [1.54, 1.807) is 27.0 Å². The highest BCUT2D eigenvalue weighted by Gasteiger charge is 2.30. The van der Waals surface area contributed by atoms with Crippen molar-refractivity contribution in [1.29, 1.82) is 0 Å². The second kappa shape index (κ2) is 8.70. The molecule has 0 rings (SSSR count). The van der Waals surface area contributed by atoms with E-state index in [-0.39, 0.29) is 0 Å². The summed E-state index contributed by atoms with van der Waals surface area (Å²) >= 11 is 1.03. The minimum absolute atomic E-state index is 0.370. The molecule has 9 heteroatoms. The van der Waals surface area contributed by atoms with Crippen LogP contribution in [0, 0.1) is 0 Å². The summed E-state index contributed by atoms with van der Waals surface area (Å²) in [6.45, 7) is 3.35. The number of rotatable bonds is 9. The molecule has 0 fully saturated rings. The monoisotopic (exact) mass is 305 g/mol. The molecule has 0 saturated heterocycles. The van der Waals surface area contributed by atoms with Gasteiger partial charge in [0.2, 0.25) is 0 Å². The van der Waals surface area contributed by atoms with Crippen molar-refractivity contribution in [2.24, 2.45) is 4.52 Å². The van der Waals surface area contributed by atoms with Crippen LogP contribution >= 0.6 is 25.8 Å². The molecule has 0 spiro atoms. The Balaban J connectivity index is 5.37. The van der Waals surface area contributed by atoms with Crippen LogP contribution in [0.4, 0.5) is 0 Å². The number of hydrogen-bond acceptors (Lipinski definition) is 6. The average molecular weight is 305 g/mol. The van der Waals surface area contributed by atoms with Gasteiger partial charge in [0.25, 0.3) is 0 Å². The lowest BCUT2D eigenvalue weighted by Gasteiger charge is -2.23. The maximum atomic E-state index is 12.2. The van der Waals surface area contributed by atoms with Crippen molar-refractivity contribution >= 4 is 25.8 Å². The van der Waals surface area contributed by atoms with Gasteiger partial charge >= 0.3 is 14.5 Å². The van der Waals surface area contributed by atoms with Gasteiger partial charge in [0.1, 0.15) is 0 Å². The summed E-state index contributed by atoms with van der Waals surface area (Å²) < 4.78 is 37.5. The molecule has 104 valence electrons. The number of hydrogen-bond donors (Lipinski definition) is 0. The van der Waals surface area contributed by atoms with Crippen LogP contribution in [0.5, 0.6) is 0 Å². The van der Waals surface area contributed by atoms with E-state index < -0.39 is 14.5 Å². The standard InChI is InChI=1S/C8H21NO5P2S/c1-6-12-16(13-7-2,14-8-3)9-15(10,11-4)17-5/h6-8H2,1-5H3. The molecule has 0 aromatic carbocycles. The average Bonchev–Trinajstić information content (AvgIpc) is 2.30. The van der Waals surface area contributed by atoms with Gasteiger partial charge in [-0.1, -0.05) is 0 Å². The summed E-state index contributed by atoms with van der Waals surface area (Å²) in [5.74, 6) is 0. The summed E-state index contributed by atoms with van der Waals surface area (Å²) in [4.78, 5) is 0. The van der Waals surface area contributed by atoms with Crippen LogP contribution in [0.3, 0.4) is 0 Å². The van der Waals surface area contributed by atoms with Crippen molar-refractivity contribution in [2.45, 2.75) is 20.8 Å². The quantitative estimate of drug-likeness (QED) is 0.596. The van der Waals surface area contributed by atoms with Gasteiger partial charge in [-0.2, -0.15) is 0 Å². The minimum atomic E-state index is -3.18. The van der Waals surface area contributed by atoms with Crippen molar-refractivity contribution in [2.75, 3.05) is 33.2 Å². The molecule has 0 aliphatic carbocycles. The molecule has 0 N–H and O–H groups in total. The zero-order chi connectivity index (χ0) is 13.4. The molecule has 0 saturated carbocycles. The molecular formula is C8H21NO5P2S. The topological polar surface area (TPSA) is 66.4 Å². The minimum Gasteiger partial charge on any atom is -0.308 e. The molecule has 0 aromatic heterocycles. The van der Waals surface area contributed by atoms with E-state index in [1.165, 1.54) is 7.11 Å². The van der Waals surface area contributed by atoms with Crippen molar-refractivity contribution in [3.8, 4) is 0 Å². The molecule has 0 amide bonds. The summed E-state index contributed by atoms with van der Waals surface area (Å²) in [5.41, 5.74) is 0. The van der Waals surface area contributed by atoms with Crippen LogP contribution < -0.4 is 0 Å². The molecule has 0 radical (unpaired) electrons. The molecule has 0 aromatic rings. The lowest BCUT2D eigenvalue weighted by Crippen LogP contribution is -2.00. The summed E-state index contributed by atoms with van der Waals surface area (Å²) in [7, 11) is -1.59. The van der Waals surface area contributed by atoms with E-state index in [9.17, 15) is 4.57 Å². The molecule has 0 heterocycles. The van der Waals surface area contributed by atoms with E-state index in [4.69, 9.17) is 18.1 Å². The highest BCUT2D eigenvalue weighted by atomic mass is 32.7. The summed E-state index contributed by atoms with van der Waals surface area (Å²) in [6.07, 6.45) is 1.66. The van der Waals surface area contributed by atoms with Crippen LogP contribution in [-0.2, 0) is 22.7 Å². The Labute approximate surface area is 107 Å². The highest BCUT2D eigenvalue weighted by Crippen LogP contribution is 2.69. The third-order valence-corrected chi connectivity index (χ3v) is 8.48. The third-order valence-electron chi connectivity index (χ3n) is 1.56. The molecular weight excluding hydrogens is 284 g/mol. The Morgan fingerprint density at radius 1 is 1.06 bits per heavy atom. The predicted octanol–water partition coefficient (Wildman–Crippen LogP) is 4.16. The van der Waals surface area contributed by atoms with Crippen LogP contribution in [0.15, 0.2) is 4.52 Å². The lowest BCUT2D eigenvalue weighted by molar-refractivity contribution is 0.163. The fraction of sp³-hybridized carbons (Fsp3) is 1.00. The van der Waals surface area contributed by atoms with Crippen LogP contribution in [-0.4, -0.2) is 33.2 Å².